The Balaban J connectivity index is 1.97. The van der Waals surface area contributed by atoms with Crippen molar-refractivity contribution in [2.75, 3.05) is 0 Å². The van der Waals surface area contributed by atoms with E-state index in [1.807, 2.05) is 0 Å². The minimum atomic E-state index is -0.451. The van der Waals surface area contributed by atoms with Crippen molar-refractivity contribution in [3.63, 3.8) is 0 Å². The van der Waals surface area contributed by atoms with Crippen LogP contribution in [0, 0.1) is 0 Å². The number of ether oxygens (including phenoxy) is 2. The Morgan fingerprint density at radius 2 is 1.87 bits per heavy atom. The summed E-state index contributed by atoms with van der Waals surface area (Å²) in [6.45, 7) is 1.30. The van der Waals surface area contributed by atoms with Gasteiger partial charge in [0.2, 0.25) is 5.78 Å². The zero-order chi connectivity index (χ0) is 16.6. The number of rotatable bonds is 2. The quantitative estimate of drug-likeness (QED) is 0.454. The number of esters is 1. The van der Waals surface area contributed by atoms with Crippen LogP contribution in [0.25, 0.3) is 6.08 Å². The second-order valence-corrected chi connectivity index (χ2v) is 5.64. The molecule has 0 amide bonds. The van der Waals surface area contributed by atoms with E-state index in [9.17, 15) is 9.59 Å². The van der Waals surface area contributed by atoms with Gasteiger partial charge in [-0.2, -0.15) is 0 Å². The van der Waals surface area contributed by atoms with E-state index in [0.29, 0.717) is 32.7 Å². The molecule has 0 bridgehead atoms. The Morgan fingerprint density at radius 3 is 2.52 bits per heavy atom. The van der Waals surface area contributed by atoms with E-state index in [2.05, 4.69) is 0 Å². The van der Waals surface area contributed by atoms with Crippen LogP contribution in [0.1, 0.15) is 22.8 Å². The minimum Gasteiger partial charge on any atom is -0.452 e. The van der Waals surface area contributed by atoms with Crippen molar-refractivity contribution in [3.05, 3.63) is 63.3 Å². The lowest BCUT2D eigenvalue weighted by atomic mass is 10.1. The summed E-state index contributed by atoms with van der Waals surface area (Å²) in [5.41, 5.74) is 0.891. The van der Waals surface area contributed by atoms with E-state index in [1.54, 1.807) is 24.3 Å². The van der Waals surface area contributed by atoms with Gasteiger partial charge in [-0.15, -0.1) is 0 Å². The molecular weight excluding hydrogens is 339 g/mol. The van der Waals surface area contributed by atoms with Crippen molar-refractivity contribution in [1.82, 2.24) is 0 Å². The normalized spacial score (nSPS) is 14.6. The molecule has 1 aliphatic rings. The van der Waals surface area contributed by atoms with Crippen LogP contribution in [0.5, 0.6) is 11.5 Å². The zero-order valence-electron chi connectivity index (χ0n) is 11.9. The highest BCUT2D eigenvalue weighted by Crippen LogP contribution is 2.36. The molecule has 0 aromatic heterocycles. The number of allylic oxidation sites excluding steroid dienone is 1. The van der Waals surface area contributed by atoms with E-state index in [-0.39, 0.29) is 11.5 Å². The highest BCUT2D eigenvalue weighted by atomic mass is 35.5. The van der Waals surface area contributed by atoms with Gasteiger partial charge in [0.05, 0.1) is 5.56 Å². The fourth-order valence-corrected chi connectivity index (χ4v) is 2.68. The lowest BCUT2D eigenvalue weighted by Gasteiger charge is -2.04. The van der Waals surface area contributed by atoms with Crippen molar-refractivity contribution in [2.24, 2.45) is 0 Å². The molecule has 116 valence electrons. The Bertz CT molecular complexity index is 835. The van der Waals surface area contributed by atoms with Crippen LogP contribution in [-0.2, 0) is 4.79 Å². The first-order chi connectivity index (χ1) is 11.0. The third-order valence-corrected chi connectivity index (χ3v) is 3.84. The molecule has 1 heterocycles. The summed E-state index contributed by atoms with van der Waals surface area (Å²) >= 11 is 12.2. The molecule has 0 saturated heterocycles. The summed E-state index contributed by atoms with van der Waals surface area (Å²) in [5, 5.41) is 0.830. The number of carbonyl (C=O) groups is 2. The number of carbonyl (C=O) groups excluding carboxylic acids is 2. The van der Waals surface area contributed by atoms with Gasteiger partial charge in [-0.1, -0.05) is 29.3 Å². The molecule has 23 heavy (non-hydrogen) atoms. The second kappa shape index (κ2) is 6.07. The SMILES string of the molecule is CC(=O)Oc1ccc2c(c1)OC(=Cc1c(Cl)cccc1Cl)C2=O. The first-order valence-corrected chi connectivity index (χ1v) is 7.42. The zero-order valence-corrected chi connectivity index (χ0v) is 13.4. The number of fused-ring (bicyclic) bond motifs is 1. The largest absolute Gasteiger partial charge is 0.452 e. The smallest absolute Gasteiger partial charge is 0.308 e. The molecule has 2 aromatic carbocycles. The van der Waals surface area contributed by atoms with Crippen LogP contribution in [0.2, 0.25) is 10.0 Å². The highest BCUT2D eigenvalue weighted by molar-refractivity contribution is 6.37. The fourth-order valence-electron chi connectivity index (χ4n) is 2.18. The maximum Gasteiger partial charge on any atom is 0.308 e. The molecular formula is C17H10Cl2O4. The summed E-state index contributed by atoms with van der Waals surface area (Å²) in [7, 11) is 0. The molecule has 1 aliphatic heterocycles. The van der Waals surface area contributed by atoms with Gasteiger partial charge in [0.1, 0.15) is 11.5 Å². The summed E-state index contributed by atoms with van der Waals surface area (Å²) in [6, 6.07) is 9.63. The van der Waals surface area contributed by atoms with Crippen molar-refractivity contribution in [3.8, 4) is 11.5 Å². The maximum atomic E-state index is 12.4. The molecule has 2 aromatic rings. The van der Waals surface area contributed by atoms with Gasteiger partial charge in [-0.3, -0.25) is 9.59 Å². The van der Waals surface area contributed by atoms with E-state index >= 15 is 0 Å². The standard InChI is InChI=1S/C17H10Cl2O4/c1-9(20)22-10-5-6-11-15(7-10)23-16(17(11)21)8-12-13(18)3-2-4-14(12)19/h2-8H,1H3. The lowest BCUT2D eigenvalue weighted by Crippen LogP contribution is -2.01. The van der Waals surface area contributed by atoms with Crippen LogP contribution < -0.4 is 9.47 Å². The van der Waals surface area contributed by atoms with E-state index in [0.717, 1.165) is 0 Å². The molecule has 3 rings (SSSR count). The molecule has 6 heteroatoms. The first kappa shape index (κ1) is 15.6. The molecule has 0 unspecified atom stereocenters. The Morgan fingerprint density at radius 1 is 1.17 bits per heavy atom. The van der Waals surface area contributed by atoms with E-state index < -0.39 is 5.97 Å². The minimum absolute atomic E-state index is 0.106. The predicted molar refractivity (Wildman–Crippen MR) is 87.1 cm³/mol. The molecule has 0 atom stereocenters. The van der Waals surface area contributed by atoms with Crippen LogP contribution >= 0.6 is 23.2 Å². The van der Waals surface area contributed by atoms with Crippen molar-refractivity contribution < 1.29 is 19.1 Å². The number of Topliss-reactive ketones (excluding diaryl/α,β-unsaturated/α-hetero) is 1. The van der Waals surface area contributed by atoms with Crippen molar-refractivity contribution in [2.45, 2.75) is 6.92 Å². The van der Waals surface area contributed by atoms with Crippen molar-refractivity contribution >= 4 is 41.0 Å². The summed E-state index contributed by atoms with van der Waals surface area (Å²) in [6.07, 6.45) is 1.50. The highest BCUT2D eigenvalue weighted by Gasteiger charge is 2.28. The monoisotopic (exact) mass is 348 g/mol. The van der Waals surface area contributed by atoms with E-state index in [1.165, 1.54) is 25.1 Å². The summed E-state index contributed by atoms with van der Waals surface area (Å²) < 4.78 is 10.5. The average Bonchev–Trinajstić information content (AvgIpc) is 2.78. The van der Waals surface area contributed by atoms with Gasteiger partial charge >= 0.3 is 5.97 Å². The van der Waals surface area contributed by atoms with Crippen LogP contribution in [0.15, 0.2) is 42.2 Å². The Hall–Kier alpha value is -2.30. The Kier molecular flexibility index (Phi) is 4.11. The van der Waals surface area contributed by atoms with Crippen molar-refractivity contribution in [1.29, 1.82) is 0 Å². The summed E-state index contributed by atoms with van der Waals surface area (Å²) in [4.78, 5) is 23.4. The van der Waals surface area contributed by atoms with Gasteiger partial charge in [0.15, 0.2) is 5.76 Å². The topological polar surface area (TPSA) is 52.6 Å². The molecule has 0 fully saturated rings. The molecule has 4 nitrogen and oxygen atoms in total. The van der Waals surface area contributed by atoms with Gasteiger partial charge < -0.3 is 9.47 Å². The van der Waals surface area contributed by atoms with Crippen LogP contribution in [-0.4, -0.2) is 11.8 Å². The third kappa shape index (κ3) is 3.09. The number of ketones is 1. The van der Waals surface area contributed by atoms with E-state index in [4.69, 9.17) is 32.7 Å². The second-order valence-electron chi connectivity index (χ2n) is 4.83. The van der Waals surface area contributed by atoms with Crippen LogP contribution in [0.4, 0.5) is 0 Å². The number of benzene rings is 2. The average molecular weight is 349 g/mol. The summed E-state index contributed by atoms with van der Waals surface area (Å²) in [5.74, 6) is -0.00234. The number of hydrogen-bond acceptors (Lipinski definition) is 4. The molecule has 0 N–H and O–H groups in total. The molecule has 0 aliphatic carbocycles. The Labute approximate surface area is 142 Å². The van der Waals surface area contributed by atoms with Gasteiger partial charge in [0.25, 0.3) is 0 Å². The van der Waals surface area contributed by atoms with Gasteiger partial charge in [-0.05, 0) is 30.3 Å². The van der Waals surface area contributed by atoms with Crippen LogP contribution in [0.3, 0.4) is 0 Å². The first-order valence-electron chi connectivity index (χ1n) is 6.66. The third-order valence-electron chi connectivity index (χ3n) is 3.18. The molecule has 0 saturated carbocycles. The molecule has 0 radical (unpaired) electrons. The number of halogens is 2. The fraction of sp³-hybridized carbons (Fsp3) is 0.0588. The van der Waals surface area contributed by atoms with Gasteiger partial charge in [-0.25, -0.2) is 0 Å². The predicted octanol–water partition coefficient (Wildman–Crippen LogP) is 4.53. The van der Waals surface area contributed by atoms with Gasteiger partial charge in [0, 0.05) is 28.6 Å². The lowest BCUT2D eigenvalue weighted by molar-refractivity contribution is -0.131. The number of hydrogen-bond donors (Lipinski definition) is 0. The maximum absolute atomic E-state index is 12.4. The molecule has 0 spiro atoms.